The summed E-state index contributed by atoms with van der Waals surface area (Å²) in [5.41, 5.74) is 4.32. The number of piperazine rings is 2. The van der Waals surface area contributed by atoms with Crippen molar-refractivity contribution in [3.8, 4) is 0 Å². The summed E-state index contributed by atoms with van der Waals surface area (Å²) in [5.74, 6) is 0.883. The summed E-state index contributed by atoms with van der Waals surface area (Å²) < 4.78 is 13.2. The molecule has 38 heavy (non-hydrogen) atoms. The monoisotopic (exact) mass is 535 g/mol. The number of fused-ring (bicyclic) bond motifs is 1. The first-order chi connectivity index (χ1) is 18.4. The largest absolute Gasteiger partial charge is 0.369 e. The van der Waals surface area contributed by atoms with Crippen LogP contribution < -0.4 is 20.4 Å². The number of nitrogens with one attached hydrogen (secondary N) is 2. The van der Waals surface area contributed by atoms with Crippen LogP contribution in [0.25, 0.3) is 10.9 Å². The molecule has 2 aliphatic rings. The van der Waals surface area contributed by atoms with Crippen LogP contribution in [-0.4, -0.2) is 92.4 Å². The summed E-state index contributed by atoms with van der Waals surface area (Å²) in [7, 11) is 2.17. The predicted octanol–water partition coefficient (Wildman–Crippen LogP) is 3.93. The number of nitrogens with zero attached hydrogens (tertiary/aromatic N) is 5. The van der Waals surface area contributed by atoms with Gasteiger partial charge < -0.3 is 25.3 Å². The van der Waals surface area contributed by atoms with Gasteiger partial charge in [0.05, 0.1) is 5.52 Å². The van der Waals surface area contributed by atoms with Crippen LogP contribution in [0.3, 0.4) is 0 Å². The predicted molar refractivity (Wildman–Crippen MR) is 160 cm³/mol. The fourth-order valence-electron chi connectivity index (χ4n) is 5.21. The van der Waals surface area contributed by atoms with Gasteiger partial charge in [-0.25, -0.2) is 9.37 Å². The van der Waals surface area contributed by atoms with Gasteiger partial charge in [-0.2, -0.15) is 0 Å². The fourth-order valence-corrected chi connectivity index (χ4v) is 5.43. The van der Waals surface area contributed by atoms with Crippen LogP contribution >= 0.6 is 12.2 Å². The minimum absolute atomic E-state index is 0.185. The number of likely N-dealkylation sites (N-methyl/N-ethyl adjacent to an activating group) is 1. The van der Waals surface area contributed by atoms with E-state index in [1.54, 1.807) is 0 Å². The van der Waals surface area contributed by atoms with Crippen LogP contribution in [0.4, 0.5) is 21.6 Å². The second kappa shape index (κ2) is 12.2. The van der Waals surface area contributed by atoms with Gasteiger partial charge in [-0.1, -0.05) is 0 Å². The second-order valence-electron chi connectivity index (χ2n) is 10.4. The van der Waals surface area contributed by atoms with E-state index in [2.05, 4.69) is 68.5 Å². The first kappa shape index (κ1) is 26.6. The lowest BCUT2D eigenvalue weighted by Crippen LogP contribution is -2.47. The van der Waals surface area contributed by atoms with Gasteiger partial charge in [0.25, 0.3) is 0 Å². The summed E-state index contributed by atoms with van der Waals surface area (Å²) in [6.07, 6.45) is 1.02. The van der Waals surface area contributed by atoms with E-state index in [0.29, 0.717) is 5.11 Å². The molecule has 0 spiro atoms. The first-order valence-corrected chi connectivity index (χ1v) is 14.0. The highest BCUT2D eigenvalue weighted by Gasteiger charge is 2.18. The molecule has 2 aromatic carbocycles. The minimum Gasteiger partial charge on any atom is -0.369 e. The van der Waals surface area contributed by atoms with Gasteiger partial charge >= 0.3 is 0 Å². The van der Waals surface area contributed by atoms with Crippen molar-refractivity contribution in [1.29, 1.82) is 0 Å². The molecule has 0 atom stereocenters. The number of thiocarbonyl (C=S) groups is 1. The highest BCUT2D eigenvalue weighted by molar-refractivity contribution is 7.80. The summed E-state index contributed by atoms with van der Waals surface area (Å²) in [4.78, 5) is 14.5. The Morgan fingerprint density at radius 1 is 0.921 bits per heavy atom. The number of anilines is 3. The molecule has 0 radical (unpaired) electrons. The third-order valence-electron chi connectivity index (χ3n) is 7.59. The lowest BCUT2D eigenvalue weighted by Gasteiger charge is -2.36. The molecule has 0 amide bonds. The normalized spacial score (nSPS) is 17.1. The van der Waals surface area contributed by atoms with Crippen molar-refractivity contribution < 1.29 is 4.39 Å². The molecule has 0 aliphatic carbocycles. The van der Waals surface area contributed by atoms with Crippen LogP contribution in [0.5, 0.6) is 0 Å². The summed E-state index contributed by atoms with van der Waals surface area (Å²) >= 11 is 5.56. The maximum atomic E-state index is 13.2. The molecule has 5 rings (SSSR count). The van der Waals surface area contributed by atoms with E-state index in [-0.39, 0.29) is 5.82 Å². The Balaban J connectivity index is 1.05. The molecular weight excluding hydrogens is 497 g/mol. The molecule has 202 valence electrons. The van der Waals surface area contributed by atoms with Crippen molar-refractivity contribution in [2.75, 3.05) is 87.6 Å². The average molecular weight is 536 g/mol. The maximum absolute atomic E-state index is 13.2. The Hall–Kier alpha value is -3.01. The highest BCUT2D eigenvalue weighted by Crippen LogP contribution is 2.26. The van der Waals surface area contributed by atoms with Crippen LogP contribution in [-0.2, 0) is 0 Å². The van der Waals surface area contributed by atoms with E-state index in [4.69, 9.17) is 17.2 Å². The molecule has 1 aromatic heterocycles. The molecule has 2 N–H and O–H groups in total. The molecule has 2 saturated heterocycles. The molecule has 2 fully saturated rings. The number of pyridine rings is 1. The molecule has 2 aliphatic heterocycles. The third kappa shape index (κ3) is 6.70. The lowest BCUT2D eigenvalue weighted by molar-refractivity contribution is 0.255. The van der Waals surface area contributed by atoms with Crippen LogP contribution in [0.1, 0.15) is 12.0 Å². The topological polar surface area (TPSA) is 49.9 Å². The number of benzene rings is 2. The van der Waals surface area contributed by atoms with Crippen molar-refractivity contribution in [2.45, 2.75) is 13.3 Å². The summed E-state index contributed by atoms with van der Waals surface area (Å²) in [6, 6.07) is 15.3. The van der Waals surface area contributed by atoms with Crippen LogP contribution in [0.15, 0.2) is 48.5 Å². The van der Waals surface area contributed by atoms with Gasteiger partial charge in [0.2, 0.25) is 0 Å². The van der Waals surface area contributed by atoms with Gasteiger partial charge in [-0.15, -0.1) is 0 Å². The number of aryl methyl sites for hydroxylation is 1. The smallest absolute Gasteiger partial charge is 0.170 e. The number of rotatable bonds is 7. The number of halogens is 1. The van der Waals surface area contributed by atoms with E-state index in [0.717, 1.165) is 100.0 Å². The lowest BCUT2D eigenvalue weighted by atomic mass is 10.1. The van der Waals surface area contributed by atoms with Gasteiger partial charge in [-0.05, 0) is 93.2 Å². The molecule has 3 heterocycles. The van der Waals surface area contributed by atoms with Crippen LogP contribution in [0, 0.1) is 12.7 Å². The Kier molecular flexibility index (Phi) is 8.56. The van der Waals surface area contributed by atoms with Crippen molar-refractivity contribution >= 4 is 45.4 Å². The molecule has 7 nitrogen and oxygen atoms in total. The Bertz CT molecular complexity index is 1240. The Morgan fingerprint density at radius 3 is 2.37 bits per heavy atom. The zero-order valence-electron chi connectivity index (χ0n) is 22.4. The van der Waals surface area contributed by atoms with E-state index in [9.17, 15) is 4.39 Å². The van der Waals surface area contributed by atoms with E-state index in [1.807, 2.05) is 12.1 Å². The average Bonchev–Trinajstić information content (AvgIpc) is 2.92. The quantitative estimate of drug-likeness (QED) is 0.349. The molecule has 0 unspecified atom stereocenters. The molecular formula is C29H38FN7S. The zero-order valence-corrected chi connectivity index (χ0v) is 23.2. The molecule has 9 heteroatoms. The summed E-state index contributed by atoms with van der Waals surface area (Å²) in [6.45, 7) is 12.1. The second-order valence-corrected chi connectivity index (χ2v) is 10.8. The van der Waals surface area contributed by atoms with Crippen LogP contribution in [0.2, 0.25) is 0 Å². The molecule has 3 aromatic rings. The fraction of sp³-hybridized carbons (Fsp3) is 0.448. The van der Waals surface area contributed by atoms with Gasteiger partial charge in [0.15, 0.2) is 5.11 Å². The summed E-state index contributed by atoms with van der Waals surface area (Å²) in [5, 5.41) is 8.48. The zero-order chi connectivity index (χ0) is 26.5. The first-order valence-electron chi connectivity index (χ1n) is 13.6. The SMILES string of the molecule is Cc1cc(N2CCN(C)CC2)nc2ccc(NC(=S)NCCCN3CCN(c4ccc(F)cc4)CC3)cc12. The molecule has 0 bridgehead atoms. The van der Waals surface area contributed by atoms with Crippen molar-refractivity contribution in [3.05, 3.63) is 59.9 Å². The third-order valence-corrected chi connectivity index (χ3v) is 7.83. The highest BCUT2D eigenvalue weighted by atomic mass is 32.1. The number of hydrogen-bond acceptors (Lipinski definition) is 6. The number of hydrogen-bond donors (Lipinski definition) is 2. The van der Waals surface area contributed by atoms with Crippen molar-refractivity contribution in [2.24, 2.45) is 0 Å². The standard InChI is InChI=1S/C29H38FN7S/c1-22-20-28(37-16-12-34(2)13-17-37)33-27-9-6-24(21-26(22)27)32-29(38)31-10-3-11-35-14-18-36(19-15-35)25-7-4-23(30)5-8-25/h4-9,20-21H,3,10-19H2,1-2H3,(H2,31,32,38). The van der Waals surface area contributed by atoms with E-state index < -0.39 is 0 Å². The molecule has 0 saturated carbocycles. The maximum Gasteiger partial charge on any atom is 0.170 e. The Morgan fingerprint density at radius 2 is 1.63 bits per heavy atom. The van der Waals surface area contributed by atoms with E-state index >= 15 is 0 Å². The van der Waals surface area contributed by atoms with Gasteiger partial charge in [0.1, 0.15) is 11.6 Å². The van der Waals surface area contributed by atoms with Crippen molar-refractivity contribution in [3.63, 3.8) is 0 Å². The number of aromatic nitrogens is 1. The van der Waals surface area contributed by atoms with Crippen molar-refractivity contribution in [1.82, 2.24) is 20.1 Å². The Labute approximate surface area is 230 Å². The van der Waals surface area contributed by atoms with Gasteiger partial charge in [0, 0.05) is 75.7 Å². The van der Waals surface area contributed by atoms with Gasteiger partial charge in [-0.3, -0.25) is 4.90 Å². The minimum atomic E-state index is -0.185. The van der Waals surface area contributed by atoms with E-state index in [1.165, 1.54) is 17.7 Å².